The van der Waals surface area contributed by atoms with Crippen molar-refractivity contribution in [2.24, 2.45) is 0 Å². The van der Waals surface area contributed by atoms with E-state index < -0.39 is 0 Å². The lowest BCUT2D eigenvalue weighted by Crippen LogP contribution is -1.81. The van der Waals surface area contributed by atoms with E-state index in [0.29, 0.717) is 10.7 Å². The summed E-state index contributed by atoms with van der Waals surface area (Å²) in [4.78, 5) is 6.95. The van der Waals surface area contributed by atoms with Crippen LogP contribution in [0.4, 0.5) is 5.69 Å². The van der Waals surface area contributed by atoms with E-state index in [1.54, 1.807) is 18.5 Å². The number of halogens is 1. The molecule has 11 heavy (non-hydrogen) atoms. The van der Waals surface area contributed by atoms with Crippen LogP contribution in [0.3, 0.4) is 0 Å². The molecule has 0 unspecified atom stereocenters. The number of H-pyrrole nitrogens is 1. The Morgan fingerprint density at radius 3 is 3.09 bits per heavy atom. The third kappa shape index (κ3) is 0.851. The van der Waals surface area contributed by atoms with E-state index in [-0.39, 0.29) is 0 Å². The predicted octanol–water partition coefficient (Wildman–Crippen LogP) is 1.80. The second-order valence-electron chi connectivity index (χ2n) is 2.26. The molecule has 3 nitrogen and oxygen atoms in total. The minimum absolute atomic E-state index is 0.633. The van der Waals surface area contributed by atoms with Crippen molar-refractivity contribution >= 4 is 28.3 Å². The van der Waals surface area contributed by atoms with Gasteiger partial charge in [0.25, 0.3) is 0 Å². The van der Waals surface area contributed by atoms with Crippen LogP contribution in [-0.2, 0) is 0 Å². The third-order valence-corrected chi connectivity index (χ3v) is 1.87. The molecule has 0 aromatic carbocycles. The fraction of sp³-hybridized carbons (Fsp3) is 0. The Bertz CT molecular complexity index is 393. The van der Waals surface area contributed by atoms with Crippen LogP contribution >= 0.6 is 11.6 Å². The van der Waals surface area contributed by atoms with Crippen LogP contribution in [0, 0.1) is 0 Å². The molecule has 0 aliphatic heterocycles. The number of nitrogens with zero attached hydrogens (tertiary/aromatic N) is 1. The van der Waals surface area contributed by atoms with Gasteiger partial charge in [-0.1, -0.05) is 11.6 Å². The smallest absolute Gasteiger partial charge is 0.140 e. The predicted molar refractivity (Wildman–Crippen MR) is 45.5 cm³/mol. The van der Waals surface area contributed by atoms with Gasteiger partial charge in [0.15, 0.2) is 0 Å². The quantitative estimate of drug-likeness (QED) is 0.629. The molecule has 4 heteroatoms. The summed E-state index contributed by atoms with van der Waals surface area (Å²) in [5.74, 6) is 0. The maximum atomic E-state index is 5.86. The van der Waals surface area contributed by atoms with Gasteiger partial charge in [0.1, 0.15) is 5.65 Å². The minimum atomic E-state index is 0.633. The highest BCUT2D eigenvalue weighted by atomic mass is 35.5. The number of aromatic nitrogens is 2. The molecule has 0 fully saturated rings. The molecule has 0 bridgehead atoms. The molecular formula is C7H6ClN3. The molecule has 0 saturated heterocycles. The number of aromatic amines is 1. The third-order valence-electron chi connectivity index (χ3n) is 1.55. The first-order valence-corrected chi connectivity index (χ1v) is 3.54. The van der Waals surface area contributed by atoms with Gasteiger partial charge in [-0.15, -0.1) is 0 Å². The van der Waals surface area contributed by atoms with Crippen LogP contribution in [0.5, 0.6) is 0 Å². The summed E-state index contributed by atoms with van der Waals surface area (Å²) in [6, 6.07) is 1.72. The zero-order chi connectivity index (χ0) is 7.84. The highest BCUT2D eigenvalue weighted by Crippen LogP contribution is 2.25. The molecular weight excluding hydrogens is 162 g/mol. The summed E-state index contributed by atoms with van der Waals surface area (Å²) in [5, 5.41) is 1.43. The van der Waals surface area contributed by atoms with Crippen molar-refractivity contribution in [1.82, 2.24) is 9.97 Å². The largest absolute Gasteiger partial charge is 0.397 e. The summed E-state index contributed by atoms with van der Waals surface area (Å²) >= 11 is 5.86. The lowest BCUT2D eigenvalue weighted by Gasteiger charge is -1.92. The van der Waals surface area contributed by atoms with Gasteiger partial charge in [-0.05, 0) is 6.07 Å². The molecule has 3 N–H and O–H groups in total. The average Bonchev–Trinajstić information content (AvgIpc) is 2.34. The van der Waals surface area contributed by atoms with Crippen LogP contribution < -0.4 is 5.73 Å². The lowest BCUT2D eigenvalue weighted by atomic mass is 10.3. The Balaban J connectivity index is 2.96. The second-order valence-corrected chi connectivity index (χ2v) is 2.67. The molecule has 2 aromatic rings. The van der Waals surface area contributed by atoms with Gasteiger partial charge in [-0.2, -0.15) is 0 Å². The molecule has 0 aliphatic rings. The van der Waals surface area contributed by atoms with Crippen LogP contribution in [0.25, 0.3) is 11.0 Å². The number of fused-ring (bicyclic) bond motifs is 1. The van der Waals surface area contributed by atoms with Gasteiger partial charge in [-0.25, -0.2) is 4.98 Å². The molecule has 2 heterocycles. The van der Waals surface area contributed by atoms with Gasteiger partial charge in [-0.3, -0.25) is 0 Å². The number of nitrogen functional groups attached to an aromatic ring is 1. The van der Waals surface area contributed by atoms with E-state index in [0.717, 1.165) is 11.0 Å². The van der Waals surface area contributed by atoms with E-state index in [2.05, 4.69) is 9.97 Å². The highest BCUT2D eigenvalue weighted by molar-refractivity contribution is 6.36. The van der Waals surface area contributed by atoms with Gasteiger partial charge in [0.05, 0.1) is 16.1 Å². The number of rotatable bonds is 0. The maximum Gasteiger partial charge on any atom is 0.140 e. The van der Waals surface area contributed by atoms with E-state index in [1.165, 1.54) is 0 Å². The minimum Gasteiger partial charge on any atom is -0.397 e. The molecule has 56 valence electrons. The van der Waals surface area contributed by atoms with Gasteiger partial charge in [0, 0.05) is 12.4 Å². The number of anilines is 1. The van der Waals surface area contributed by atoms with Crippen LogP contribution in [0.1, 0.15) is 0 Å². The molecule has 2 aromatic heterocycles. The van der Waals surface area contributed by atoms with Crippen molar-refractivity contribution < 1.29 is 0 Å². The first-order valence-electron chi connectivity index (χ1n) is 3.16. The average molecular weight is 168 g/mol. The highest BCUT2D eigenvalue weighted by Gasteiger charge is 2.03. The topological polar surface area (TPSA) is 54.7 Å². The second kappa shape index (κ2) is 2.13. The van der Waals surface area contributed by atoms with Crippen molar-refractivity contribution in [3.8, 4) is 0 Å². The van der Waals surface area contributed by atoms with Gasteiger partial charge in [0.2, 0.25) is 0 Å². The molecule has 0 saturated carbocycles. The standard InChI is InChI=1S/C7H6ClN3/c8-4-1-2-10-7-6(4)5(9)3-11-7/h1-3H,9H2,(H,10,11). The Morgan fingerprint density at radius 2 is 2.36 bits per heavy atom. The number of hydrogen-bond donors (Lipinski definition) is 2. The van der Waals surface area contributed by atoms with Crippen molar-refractivity contribution in [3.63, 3.8) is 0 Å². The van der Waals surface area contributed by atoms with Crippen LogP contribution in [-0.4, -0.2) is 9.97 Å². The summed E-state index contributed by atoms with van der Waals surface area (Å²) in [6.07, 6.45) is 3.32. The monoisotopic (exact) mass is 167 g/mol. The van der Waals surface area contributed by atoms with E-state index in [1.807, 2.05) is 0 Å². The van der Waals surface area contributed by atoms with Crippen molar-refractivity contribution in [2.75, 3.05) is 5.73 Å². The summed E-state index contributed by atoms with van der Waals surface area (Å²) < 4.78 is 0. The van der Waals surface area contributed by atoms with E-state index in [4.69, 9.17) is 17.3 Å². The van der Waals surface area contributed by atoms with Gasteiger partial charge >= 0.3 is 0 Å². The normalized spacial score (nSPS) is 10.6. The molecule has 0 radical (unpaired) electrons. The van der Waals surface area contributed by atoms with E-state index in [9.17, 15) is 0 Å². The number of nitrogens with two attached hydrogens (primary N) is 1. The summed E-state index contributed by atoms with van der Waals surface area (Å²) in [6.45, 7) is 0. The zero-order valence-electron chi connectivity index (χ0n) is 5.63. The Labute approximate surface area is 68.2 Å². The number of nitrogens with one attached hydrogen (secondary N) is 1. The number of hydrogen-bond acceptors (Lipinski definition) is 2. The Morgan fingerprint density at radius 1 is 1.55 bits per heavy atom. The molecule has 0 aliphatic carbocycles. The van der Waals surface area contributed by atoms with Crippen LogP contribution in [0.2, 0.25) is 5.02 Å². The fourth-order valence-corrected chi connectivity index (χ4v) is 1.30. The molecule has 2 rings (SSSR count). The Kier molecular flexibility index (Phi) is 1.26. The zero-order valence-corrected chi connectivity index (χ0v) is 6.39. The first-order chi connectivity index (χ1) is 5.29. The van der Waals surface area contributed by atoms with Gasteiger partial charge < -0.3 is 10.7 Å². The molecule has 0 spiro atoms. The lowest BCUT2D eigenvalue weighted by molar-refractivity contribution is 1.33. The SMILES string of the molecule is Nc1c[nH]c2nccc(Cl)c12. The molecule has 0 amide bonds. The van der Waals surface area contributed by atoms with Crippen LogP contribution in [0.15, 0.2) is 18.5 Å². The fourth-order valence-electron chi connectivity index (χ4n) is 1.04. The Hall–Kier alpha value is -1.22. The van der Waals surface area contributed by atoms with Crippen molar-refractivity contribution in [1.29, 1.82) is 0 Å². The van der Waals surface area contributed by atoms with E-state index >= 15 is 0 Å². The van der Waals surface area contributed by atoms with Crippen molar-refractivity contribution in [3.05, 3.63) is 23.5 Å². The van der Waals surface area contributed by atoms with Crippen molar-refractivity contribution in [2.45, 2.75) is 0 Å². The summed E-state index contributed by atoms with van der Waals surface area (Å²) in [7, 11) is 0. The maximum absolute atomic E-state index is 5.86. The number of pyridine rings is 1. The first kappa shape index (κ1) is 6.49. The summed E-state index contributed by atoms with van der Waals surface area (Å²) in [5.41, 5.74) is 6.99. The molecule has 0 atom stereocenters.